The number of anilines is 12. The predicted molar refractivity (Wildman–Crippen MR) is 583 cm³/mol. The van der Waals surface area contributed by atoms with Gasteiger partial charge in [-0.2, -0.15) is 0 Å². The standard InChI is InChI=1S/C41H28BrN.C31H24BrN.C28H20BrN.C26H18BrN/c42-33-20-23-34(24-21-33)43(35-22-19-29-11-7-8-12-30(29)27-35)36-25-26-38-37-17-9-10-18-39(37)41(40(38)28-36,31-13-3-1-4-14-31)32-15-5-2-6-16-32;1-31(2)29-10-6-5-9-27(29)28-18-17-26(20-30(28)31)33(24-15-12-23(32)13-16-24)25-14-11-21-7-3-4-8-22(21)19-25;29-25-13-18-27(19-14-25)30(28-17-12-22-8-4-5-9-24(22)20-28)26-15-10-23(11-16-26)21-6-2-1-3-7-21;27-23-11-15-24(16-12-23)28(25-13-9-19-5-1-3-7-21(19)17-25)26-14-10-20-6-2-4-8-22(20)18-26/h1-28H;3-20H,1-2H3;1-20H;1-18H. The van der Waals surface area contributed by atoms with Crippen LogP contribution in [-0.2, 0) is 10.8 Å². The predicted octanol–water partition coefficient (Wildman–Crippen LogP) is 37.8. The summed E-state index contributed by atoms with van der Waals surface area (Å²) in [6.45, 7) is 4.67. The Labute approximate surface area is 817 Å². The molecular formula is C126H90Br4N4. The monoisotopic (exact) mass is 1970 g/mol. The van der Waals surface area contributed by atoms with Crippen molar-refractivity contribution < 1.29 is 0 Å². The van der Waals surface area contributed by atoms with E-state index in [0.717, 1.165) is 80.5 Å². The Morgan fingerprint density at radius 2 is 0.373 bits per heavy atom. The van der Waals surface area contributed by atoms with Gasteiger partial charge < -0.3 is 19.6 Å². The van der Waals surface area contributed by atoms with E-state index >= 15 is 0 Å². The number of hydrogen-bond acceptors (Lipinski definition) is 4. The molecule has 0 atom stereocenters. The SMILES string of the molecule is Brc1ccc(N(c2ccc(-c3ccccc3)cc2)c2ccc3ccccc3c2)cc1.Brc1ccc(N(c2ccc3c(c2)C(c2ccccc2)(c2ccccc2)c2ccccc2-3)c2ccc3ccccc3c2)cc1.Brc1ccc(N(c2ccc3ccccc3c2)c2ccc3ccccc3c2)cc1.CC1(C)c2ccccc2-c2ccc(N(c3ccc(Br)cc3)c3ccc4ccccc4c3)cc21. The third-order valence-electron chi connectivity index (χ3n) is 26.1. The van der Waals surface area contributed by atoms with Crippen LogP contribution in [0, 0.1) is 0 Å². The molecule has 22 aromatic rings. The van der Waals surface area contributed by atoms with Crippen LogP contribution < -0.4 is 19.6 Å². The van der Waals surface area contributed by atoms with Crippen LogP contribution in [0.2, 0.25) is 0 Å². The van der Waals surface area contributed by atoms with Gasteiger partial charge >= 0.3 is 0 Å². The second-order valence-corrected chi connectivity index (χ2v) is 38.1. The molecular weight excluding hydrogens is 1890 g/mol. The van der Waals surface area contributed by atoms with Crippen molar-refractivity contribution in [2.24, 2.45) is 0 Å². The fourth-order valence-electron chi connectivity index (χ4n) is 19.6. The number of nitrogens with zero attached hydrogens (tertiary/aromatic N) is 4. The second kappa shape index (κ2) is 37.9. The van der Waals surface area contributed by atoms with Gasteiger partial charge in [-0.05, 0) is 315 Å². The molecule has 0 fully saturated rings. The van der Waals surface area contributed by atoms with Crippen LogP contribution in [0.1, 0.15) is 47.2 Å². The molecule has 0 amide bonds. The lowest BCUT2D eigenvalue weighted by Crippen LogP contribution is -2.28. The highest BCUT2D eigenvalue weighted by atomic mass is 79.9. The first kappa shape index (κ1) is 86.0. The summed E-state index contributed by atoms with van der Waals surface area (Å²) in [7, 11) is 0. The number of rotatable bonds is 15. The third kappa shape index (κ3) is 17.2. The van der Waals surface area contributed by atoms with Crippen LogP contribution >= 0.6 is 63.7 Å². The topological polar surface area (TPSA) is 13.0 Å². The normalized spacial score (nSPS) is 12.2. The number of benzene rings is 22. The van der Waals surface area contributed by atoms with E-state index in [4.69, 9.17) is 0 Å². The molecule has 2 aliphatic carbocycles. The summed E-state index contributed by atoms with van der Waals surface area (Å²) in [6.07, 6.45) is 0. The lowest BCUT2D eigenvalue weighted by Gasteiger charge is -2.35. The van der Waals surface area contributed by atoms with Crippen molar-refractivity contribution in [3.05, 3.63) is 561 Å². The fraction of sp³-hybridized carbons (Fsp3) is 0.0317. The second-order valence-electron chi connectivity index (χ2n) is 34.5. The van der Waals surface area contributed by atoms with Crippen molar-refractivity contribution in [2.75, 3.05) is 19.6 Å². The van der Waals surface area contributed by atoms with Crippen LogP contribution in [0.4, 0.5) is 68.2 Å². The minimum Gasteiger partial charge on any atom is -0.310 e. The highest BCUT2D eigenvalue weighted by Gasteiger charge is 2.46. The van der Waals surface area contributed by atoms with Gasteiger partial charge in [0.1, 0.15) is 0 Å². The van der Waals surface area contributed by atoms with Crippen molar-refractivity contribution in [3.8, 4) is 33.4 Å². The van der Waals surface area contributed by atoms with E-state index in [9.17, 15) is 0 Å². The van der Waals surface area contributed by atoms with Gasteiger partial charge in [0.25, 0.3) is 0 Å². The maximum Gasteiger partial charge on any atom is 0.0714 e. The molecule has 642 valence electrons. The highest BCUT2D eigenvalue weighted by molar-refractivity contribution is 9.11. The molecule has 22 aromatic carbocycles. The van der Waals surface area contributed by atoms with Crippen LogP contribution in [0.25, 0.3) is 87.2 Å². The summed E-state index contributed by atoms with van der Waals surface area (Å²) in [6, 6.07) is 183. The molecule has 4 nitrogen and oxygen atoms in total. The first-order valence-electron chi connectivity index (χ1n) is 45.2. The van der Waals surface area contributed by atoms with E-state index in [1.165, 1.54) is 126 Å². The van der Waals surface area contributed by atoms with E-state index in [0.29, 0.717) is 0 Å². The molecule has 0 spiro atoms. The van der Waals surface area contributed by atoms with Gasteiger partial charge in [0.15, 0.2) is 0 Å². The molecule has 0 heterocycles. The van der Waals surface area contributed by atoms with Crippen molar-refractivity contribution in [1.29, 1.82) is 0 Å². The first-order valence-corrected chi connectivity index (χ1v) is 48.4. The van der Waals surface area contributed by atoms with E-state index in [1.54, 1.807) is 0 Å². The van der Waals surface area contributed by atoms with Crippen LogP contribution in [0.15, 0.2) is 527 Å². The summed E-state index contributed by atoms with van der Waals surface area (Å²) in [5.41, 5.74) is 28.8. The lowest BCUT2D eigenvalue weighted by molar-refractivity contribution is 0.660. The summed E-state index contributed by atoms with van der Waals surface area (Å²) in [5, 5.41) is 12.4. The zero-order valence-electron chi connectivity index (χ0n) is 73.8. The largest absolute Gasteiger partial charge is 0.310 e. The molecule has 0 saturated heterocycles. The molecule has 0 aliphatic heterocycles. The van der Waals surface area contributed by atoms with Gasteiger partial charge in [-0.3, -0.25) is 0 Å². The molecule has 0 aromatic heterocycles. The molecule has 0 N–H and O–H groups in total. The van der Waals surface area contributed by atoms with Crippen LogP contribution in [0.5, 0.6) is 0 Å². The first-order chi connectivity index (χ1) is 65.8. The van der Waals surface area contributed by atoms with Crippen LogP contribution in [-0.4, -0.2) is 0 Å². The number of fused-ring (bicyclic) bond motifs is 11. The Balaban J connectivity index is 0.000000109. The van der Waals surface area contributed by atoms with Gasteiger partial charge in [0.2, 0.25) is 0 Å². The minimum absolute atomic E-state index is 0.0310. The average Bonchev–Trinajstić information content (AvgIpc) is 1.54. The summed E-state index contributed by atoms with van der Waals surface area (Å²) in [5.74, 6) is 0. The summed E-state index contributed by atoms with van der Waals surface area (Å²) >= 11 is 14.3. The van der Waals surface area contributed by atoms with Gasteiger partial charge in [-0.25, -0.2) is 0 Å². The Hall–Kier alpha value is -14.7. The number of hydrogen-bond donors (Lipinski definition) is 0. The smallest absolute Gasteiger partial charge is 0.0714 e. The van der Waals surface area contributed by atoms with E-state index in [2.05, 4.69) is 601 Å². The Bertz CT molecular complexity index is 7890. The Morgan fingerprint density at radius 3 is 0.709 bits per heavy atom. The van der Waals surface area contributed by atoms with Crippen molar-refractivity contribution >= 4 is 186 Å². The molecule has 24 rings (SSSR count). The zero-order valence-corrected chi connectivity index (χ0v) is 80.1. The molecule has 0 radical (unpaired) electrons. The minimum atomic E-state index is -0.445. The fourth-order valence-corrected chi connectivity index (χ4v) is 20.6. The van der Waals surface area contributed by atoms with Crippen LogP contribution in [0.3, 0.4) is 0 Å². The quantitative estimate of drug-likeness (QED) is 0.101. The highest BCUT2D eigenvalue weighted by Crippen LogP contribution is 2.58. The average molecular weight is 1980 g/mol. The summed E-state index contributed by atoms with van der Waals surface area (Å²) in [4.78, 5) is 9.35. The van der Waals surface area contributed by atoms with E-state index in [-0.39, 0.29) is 5.41 Å². The van der Waals surface area contributed by atoms with Crippen molar-refractivity contribution in [2.45, 2.75) is 24.7 Å². The molecule has 2 aliphatic rings. The molecule has 134 heavy (non-hydrogen) atoms. The molecule has 8 heteroatoms. The lowest BCUT2D eigenvalue weighted by atomic mass is 9.67. The van der Waals surface area contributed by atoms with Crippen molar-refractivity contribution in [3.63, 3.8) is 0 Å². The van der Waals surface area contributed by atoms with Gasteiger partial charge in [-0.1, -0.05) is 393 Å². The zero-order chi connectivity index (χ0) is 90.6. The molecule has 0 unspecified atom stereocenters. The van der Waals surface area contributed by atoms with Gasteiger partial charge in [0.05, 0.1) is 5.41 Å². The van der Waals surface area contributed by atoms with E-state index in [1.807, 2.05) is 6.07 Å². The van der Waals surface area contributed by atoms with Crippen molar-refractivity contribution in [1.82, 2.24) is 0 Å². The number of halogens is 4. The molecule has 0 saturated carbocycles. The molecule has 0 bridgehead atoms. The van der Waals surface area contributed by atoms with Gasteiger partial charge in [0, 0.05) is 91.6 Å². The maximum atomic E-state index is 3.64. The van der Waals surface area contributed by atoms with Gasteiger partial charge in [-0.15, -0.1) is 0 Å². The Kier molecular flexibility index (Phi) is 24.3. The summed E-state index contributed by atoms with van der Waals surface area (Å²) < 4.78 is 4.29. The van der Waals surface area contributed by atoms with E-state index < -0.39 is 5.41 Å². The Morgan fingerprint density at radius 1 is 0.157 bits per heavy atom. The maximum absolute atomic E-state index is 3.64. The third-order valence-corrected chi connectivity index (χ3v) is 28.2.